The van der Waals surface area contributed by atoms with E-state index in [1.54, 1.807) is 35.3 Å². The van der Waals surface area contributed by atoms with Crippen LogP contribution in [0, 0.1) is 5.82 Å². The largest absolute Gasteiger partial charge is 0.480 e. The van der Waals surface area contributed by atoms with Gasteiger partial charge >= 0.3 is 0 Å². The van der Waals surface area contributed by atoms with Gasteiger partial charge in [-0.05, 0) is 47.5 Å². The number of nitrogens with one attached hydrogen (secondary N) is 1. The van der Waals surface area contributed by atoms with Gasteiger partial charge in [0.15, 0.2) is 0 Å². The average Bonchev–Trinajstić information content (AvgIpc) is 3.28. The lowest BCUT2D eigenvalue weighted by Crippen LogP contribution is -2.32. The van der Waals surface area contributed by atoms with Gasteiger partial charge in [0.1, 0.15) is 30.0 Å². The first-order valence-electron chi connectivity index (χ1n) is 9.82. The molecular weight excluding hydrogens is 452 g/mol. The third kappa shape index (κ3) is 2.97. The second kappa shape index (κ2) is 7.32. The fraction of sp³-hybridized carbons (Fsp3) is 0.0870. The minimum Gasteiger partial charge on any atom is -0.480 e. The quantitative estimate of drug-likeness (QED) is 0.412. The number of fused-ring (bicyclic) bond motifs is 3. The molecule has 4 heterocycles. The molecular formula is C23H14Cl2FN5O. The van der Waals surface area contributed by atoms with E-state index in [-0.39, 0.29) is 11.1 Å². The summed E-state index contributed by atoms with van der Waals surface area (Å²) in [5.41, 5.74) is 3.94. The smallest absolute Gasteiger partial charge is 0.226 e. The zero-order valence-electron chi connectivity index (χ0n) is 16.3. The summed E-state index contributed by atoms with van der Waals surface area (Å²) in [4.78, 5) is 8.67. The van der Waals surface area contributed by atoms with Crippen molar-refractivity contribution in [1.82, 2.24) is 19.7 Å². The van der Waals surface area contributed by atoms with Crippen molar-refractivity contribution >= 4 is 34.8 Å². The van der Waals surface area contributed by atoms with Gasteiger partial charge in [-0.25, -0.2) is 9.07 Å². The average molecular weight is 466 g/mol. The Hall–Kier alpha value is -3.42. The number of rotatable bonds is 2. The Labute approximate surface area is 192 Å². The van der Waals surface area contributed by atoms with E-state index in [4.69, 9.17) is 27.9 Å². The van der Waals surface area contributed by atoms with Crippen LogP contribution in [0.25, 0.3) is 5.70 Å². The van der Waals surface area contributed by atoms with E-state index in [0.29, 0.717) is 22.3 Å². The molecule has 2 aliphatic rings. The molecule has 0 unspecified atom stereocenters. The maximum absolute atomic E-state index is 14.4. The molecule has 2 aromatic carbocycles. The third-order valence-electron chi connectivity index (χ3n) is 5.62. The number of pyridine rings is 1. The summed E-state index contributed by atoms with van der Waals surface area (Å²) in [7, 11) is 0. The number of halogens is 3. The van der Waals surface area contributed by atoms with E-state index in [9.17, 15) is 4.39 Å². The van der Waals surface area contributed by atoms with E-state index in [1.807, 2.05) is 18.2 Å². The molecule has 0 spiro atoms. The van der Waals surface area contributed by atoms with Crippen LogP contribution < -0.4 is 10.1 Å². The maximum atomic E-state index is 14.4. The first-order chi connectivity index (χ1) is 15.6. The van der Waals surface area contributed by atoms with Gasteiger partial charge in [0.25, 0.3) is 0 Å². The Morgan fingerprint density at radius 2 is 1.97 bits per heavy atom. The number of benzene rings is 2. The first-order valence-corrected chi connectivity index (χ1v) is 10.6. The molecule has 0 bridgehead atoms. The van der Waals surface area contributed by atoms with Crippen LogP contribution in [0.2, 0.25) is 10.0 Å². The molecule has 2 aromatic heterocycles. The predicted molar refractivity (Wildman–Crippen MR) is 119 cm³/mol. The number of nitrogens with zero attached hydrogens (tertiary/aromatic N) is 4. The van der Waals surface area contributed by atoms with Crippen LogP contribution in [-0.4, -0.2) is 19.7 Å². The van der Waals surface area contributed by atoms with Gasteiger partial charge in [0.05, 0.1) is 10.7 Å². The molecule has 6 nitrogen and oxygen atoms in total. The second-order valence-electron chi connectivity index (χ2n) is 7.48. The number of hydrogen-bond donors (Lipinski definition) is 1. The number of hydrogen-bond acceptors (Lipinski definition) is 5. The summed E-state index contributed by atoms with van der Waals surface area (Å²) in [6.45, 7) is 0. The van der Waals surface area contributed by atoms with Gasteiger partial charge in [-0.3, -0.25) is 4.98 Å². The van der Waals surface area contributed by atoms with Gasteiger partial charge in [0.2, 0.25) is 5.95 Å². The molecule has 2 aliphatic heterocycles. The van der Waals surface area contributed by atoms with Crippen molar-refractivity contribution in [3.05, 3.63) is 105 Å². The Bertz CT molecular complexity index is 1390. The molecule has 1 N–H and O–H groups in total. The first kappa shape index (κ1) is 19.3. The van der Waals surface area contributed by atoms with Crippen molar-refractivity contribution in [1.29, 1.82) is 0 Å². The van der Waals surface area contributed by atoms with Crippen molar-refractivity contribution in [2.75, 3.05) is 5.32 Å². The molecule has 0 saturated carbocycles. The van der Waals surface area contributed by atoms with Gasteiger partial charge in [0, 0.05) is 28.6 Å². The fourth-order valence-electron chi connectivity index (χ4n) is 4.25. The summed E-state index contributed by atoms with van der Waals surface area (Å²) < 4.78 is 22.6. The molecule has 0 fully saturated rings. The zero-order chi connectivity index (χ0) is 21.8. The van der Waals surface area contributed by atoms with Crippen LogP contribution in [-0.2, 0) is 0 Å². The lowest BCUT2D eigenvalue weighted by molar-refractivity contribution is 0.222. The summed E-state index contributed by atoms with van der Waals surface area (Å²) in [5.74, 6) is 0.685. The van der Waals surface area contributed by atoms with Crippen LogP contribution in [0.4, 0.5) is 10.3 Å². The molecule has 4 aromatic rings. The second-order valence-corrected chi connectivity index (χ2v) is 8.33. The Morgan fingerprint density at radius 1 is 1.06 bits per heavy atom. The minimum absolute atomic E-state index is 0.0510. The molecule has 6 rings (SSSR count). The van der Waals surface area contributed by atoms with Crippen molar-refractivity contribution in [3.8, 4) is 5.75 Å². The Kier molecular flexibility index (Phi) is 4.41. The number of anilines is 1. The molecule has 32 heavy (non-hydrogen) atoms. The van der Waals surface area contributed by atoms with Crippen LogP contribution in [0.1, 0.15) is 28.8 Å². The molecule has 9 heteroatoms. The molecule has 158 valence electrons. The van der Waals surface area contributed by atoms with Gasteiger partial charge < -0.3 is 10.1 Å². The number of aromatic nitrogens is 4. The van der Waals surface area contributed by atoms with E-state index >= 15 is 0 Å². The zero-order valence-corrected chi connectivity index (χ0v) is 17.8. The SMILES string of the molecule is Fc1cc([C@@H]2Oc3ccc(Cl)cc3C3=C2[C@@H](c2cccnc2)n2ncnc2N3)ccc1Cl. The highest BCUT2D eigenvalue weighted by atomic mass is 35.5. The molecule has 0 aliphatic carbocycles. The predicted octanol–water partition coefficient (Wildman–Crippen LogP) is 5.68. The lowest BCUT2D eigenvalue weighted by Gasteiger charge is -2.38. The highest BCUT2D eigenvalue weighted by Crippen LogP contribution is 2.51. The van der Waals surface area contributed by atoms with Gasteiger partial charge in [-0.1, -0.05) is 35.3 Å². The monoisotopic (exact) mass is 465 g/mol. The number of ether oxygens (including phenoxy) is 1. The minimum atomic E-state index is -0.611. The molecule has 0 amide bonds. The Morgan fingerprint density at radius 3 is 2.78 bits per heavy atom. The highest BCUT2D eigenvalue weighted by molar-refractivity contribution is 6.31. The van der Waals surface area contributed by atoms with Crippen LogP contribution in [0.5, 0.6) is 5.75 Å². The summed E-state index contributed by atoms with van der Waals surface area (Å²) in [5, 5.41) is 8.44. The highest BCUT2D eigenvalue weighted by Gasteiger charge is 2.41. The van der Waals surface area contributed by atoms with Gasteiger partial charge in [-0.15, -0.1) is 0 Å². The summed E-state index contributed by atoms with van der Waals surface area (Å²) >= 11 is 12.3. The van der Waals surface area contributed by atoms with E-state index in [0.717, 1.165) is 22.4 Å². The Balaban J connectivity index is 1.64. The maximum Gasteiger partial charge on any atom is 0.226 e. The van der Waals surface area contributed by atoms with Crippen LogP contribution in [0.3, 0.4) is 0 Å². The molecule has 2 atom stereocenters. The van der Waals surface area contributed by atoms with Crippen LogP contribution in [0.15, 0.2) is 72.8 Å². The van der Waals surface area contributed by atoms with Gasteiger partial charge in [-0.2, -0.15) is 10.1 Å². The summed E-state index contributed by atoms with van der Waals surface area (Å²) in [6, 6.07) is 13.5. The standard InChI is InChI=1S/C23H14Cl2FN5O/c24-14-4-6-18-15(9-14)20-19(22(32-18)12-3-5-16(25)17(26)8-12)21(13-2-1-7-27-10-13)31-23(30-20)28-11-29-31/h1-11,21-22H,(H,28,29,30)/t21-,22+/m1/s1. The summed E-state index contributed by atoms with van der Waals surface area (Å²) in [6.07, 6.45) is 4.36. The van der Waals surface area contributed by atoms with E-state index in [1.165, 1.54) is 18.5 Å². The lowest BCUT2D eigenvalue weighted by atomic mass is 9.85. The van der Waals surface area contributed by atoms with E-state index in [2.05, 4.69) is 20.4 Å². The van der Waals surface area contributed by atoms with E-state index < -0.39 is 11.9 Å². The topological polar surface area (TPSA) is 64.9 Å². The van der Waals surface area contributed by atoms with Crippen molar-refractivity contribution in [2.45, 2.75) is 12.1 Å². The molecule has 0 radical (unpaired) electrons. The van der Waals surface area contributed by atoms with Crippen molar-refractivity contribution in [2.24, 2.45) is 0 Å². The van der Waals surface area contributed by atoms with Crippen molar-refractivity contribution in [3.63, 3.8) is 0 Å². The third-order valence-corrected chi connectivity index (χ3v) is 6.16. The fourth-order valence-corrected chi connectivity index (χ4v) is 4.54. The van der Waals surface area contributed by atoms with Crippen molar-refractivity contribution < 1.29 is 9.13 Å². The molecule has 0 saturated heterocycles. The normalized spacial score (nSPS) is 18.8. The van der Waals surface area contributed by atoms with Crippen LogP contribution >= 0.6 is 23.2 Å².